The number of aryl methyl sites for hydroxylation is 2. The second kappa shape index (κ2) is 6.87. The van der Waals surface area contributed by atoms with E-state index in [2.05, 4.69) is 10.6 Å². The van der Waals surface area contributed by atoms with Crippen molar-refractivity contribution in [1.82, 2.24) is 9.13 Å². The van der Waals surface area contributed by atoms with E-state index in [0.29, 0.717) is 16.9 Å². The molecule has 0 aliphatic heterocycles. The van der Waals surface area contributed by atoms with Gasteiger partial charge < -0.3 is 10.6 Å². The van der Waals surface area contributed by atoms with Crippen molar-refractivity contribution in [2.75, 3.05) is 10.6 Å². The molecule has 0 radical (unpaired) electrons. The van der Waals surface area contributed by atoms with Crippen LogP contribution in [0, 0.1) is 6.92 Å². The highest BCUT2D eigenvalue weighted by Crippen LogP contribution is 2.20. The van der Waals surface area contributed by atoms with Gasteiger partial charge in [0.1, 0.15) is 6.54 Å². The third-order valence-corrected chi connectivity index (χ3v) is 4.19. The molecule has 3 aromatic rings. The molecule has 2 amide bonds. The van der Waals surface area contributed by atoms with Crippen molar-refractivity contribution in [3.8, 4) is 0 Å². The molecule has 134 valence electrons. The Labute approximate surface area is 150 Å². The summed E-state index contributed by atoms with van der Waals surface area (Å²) in [6, 6.07) is 12.6. The van der Waals surface area contributed by atoms with E-state index in [-0.39, 0.29) is 24.0 Å². The number of aromatic nitrogens is 2. The predicted octanol–water partition coefficient (Wildman–Crippen LogP) is 2.25. The van der Waals surface area contributed by atoms with Crippen molar-refractivity contribution in [1.29, 1.82) is 0 Å². The second-order valence-electron chi connectivity index (χ2n) is 6.18. The van der Waals surface area contributed by atoms with Gasteiger partial charge in [0.2, 0.25) is 11.8 Å². The van der Waals surface area contributed by atoms with E-state index in [1.165, 1.54) is 16.1 Å². The van der Waals surface area contributed by atoms with Crippen molar-refractivity contribution >= 4 is 34.2 Å². The molecule has 1 heterocycles. The molecular weight excluding hydrogens is 332 g/mol. The largest absolute Gasteiger partial charge is 0.329 e. The smallest absolute Gasteiger partial charge is 0.326 e. The zero-order chi connectivity index (χ0) is 18.8. The highest BCUT2D eigenvalue weighted by molar-refractivity contribution is 5.94. The van der Waals surface area contributed by atoms with Gasteiger partial charge in [-0.25, -0.2) is 4.79 Å². The Bertz CT molecular complexity index is 1060. The summed E-state index contributed by atoms with van der Waals surface area (Å²) in [5, 5.41) is 5.50. The first-order chi connectivity index (χ1) is 12.4. The molecule has 0 aliphatic carbocycles. The van der Waals surface area contributed by atoms with Crippen LogP contribution in [-0.2, 0) is 23.2 Å². The summed E-state index contributed by atoms with van der Waals surface area (Å²) in [5.74, 6) is -0.500. The molecule has 0 unspecified atom stereocenters. The molecule has 0 bridgehead atoms. The van der Waals surface area contributed by atoms with E-state index in [0.717, 1.165) is 11.1 Å². The van der Waals surface area contributed by atoms with E-state index in [1.54, 1.807) is 19.2 Å². The standard InChI is InChI=1S/C19H20N4O3/c1-12-8-9-14(10-15(12)20-13(2)24)21-18(25)11-23-17-7-5-4-6-16(17)22(3)19(23)26/h4-10H,11H2,1-3H3,(H,20,24)(H,21,25). The lowest BCUT2D eigenvalue weighted by Crippen LogP contribution is -2.28. The number of carbonyl (C=O) groups excluding carboxylic acids is 2. The van der Waals surface area contributed by atoms with Crippen LogP contribution in [-0.4, -0.2) is 20.9 Å². The summed E-state index contributed by atoms with van der Waals surface area (Å²) in [5.41, 5.74) is 3.31. The van der Waals surface area contributed by atoms with Crippen LogP contribution in [0.1, 0.15) is 12.5 Å². The number of para-hydroxylation sites is 2. The first-order valence-corrected chi connectivity index (χ1v) is 8.19. The zero-order valence-electron chi connectivity index (χ0n) is 14.9. The molecule has 0 spiro atoms. The fraction of sp³-hybridized carbons (Fsp3) is 0.211. The van der Waals surface area contributed by atoms with Gasteiger partial charge in [-0.05, 0) is 36.8 Å². The summed E-state index contributed by atoms with van der Waals surface area (Å²) >= 11 is 0. The molecule has 0 saturated carbocycles. The summed E-state index contributed by atoms with van der Waals surface area (Å²) in [6.45, 7) is 3.20. The normalized spacial score (nSPS) is 10.7. The number of nitrogens with one attached hydrogen (secondary N) is 2. The Morgan fingerprint density at radius 1 is 1.04 bits per heavy atom. The van der Waals surface area contributed by atoms with Crippen LogP contribution in [0.15, 0.2) is 47.3 Å². The Hall–Kier alpha value is -3.35. The number of benzene rings is 2. The molecule has 2 N–H and O–H groups in total. The minimum atomic E-state index is -0.318. The van der Waals surface area contributed by atoms with Crippen LogP contribution in [0.4, 0.5) is 11.4 Å². The predicted molar refractivity (Wildman–Crippen MR) is 101 cm³/mol. The van der Waals surface area contributed by atoms with E-state index >= 15 is 0 Å². The average molecular weight is 352 g/mol. The third kappa shape index (κ3) is 3.37. The third-order valence-electron chi connectivity index (χ3n) is 4.19. The number of amides is 2. The van der Waals surface area contributed by atoms with Gasteiger partial charge in [0.15, 0.2) is 0 Å². The second-order valence-corrected chi connectivity index (χ2v) is 6.18. The van der Waals surface area contributed by atoms with Crippen LogP contribution in [0.5, 0.6) is 0 Å². The van der Waals surface area contributed by atoms with E-state index in [1.807, 2.05) is 37.3 Å². The maximum atomic E-state index is 12.4. The highest BCUT2D eigenvalue weighted by Gasteiger charge is 2.13. The van der Waals surface area contributed by atoms with Crippen LogP contribution in [0.25, 0.3) is 11.0 Å². The van der Waals surface area contributed by atoms with Crippen LogP contribution in [0.2, 0.25) is 0 Å². The minimum Gasteiger partial charge on any atom is -0.326 e. The van der Waals surface area contributed by atoms with Gasteiger partial charge in [-0.3, -0.25) is 18.7 Å². The molecule has 0 aliphatic rings. The van der Waals surface area contributed by atoms with Gasteiger partial charge in [-0.15, -0.1) is 0 Å². The Balaban J connectivity index is 1.83. The number of hydrogen-bond donors (Lipinski definition) is 2. The SMILES string of the molecule is CC(=O)Nc1cc(NC(=O)Cn2c(=O)n(C)c3ccccc32)ccc1C. The first kappa shape index (κ1) is 17.5. The van der Waals surface area contributed by atoms with Gasteiger partial charge >= 0.3 is 5.69 Å². The molecule has 7 heteroatoms. The van der Waals surface area contributed by atoms with E-state index < -0.39 is 0 Å². The molecule has 0 saturated heterocycles. The molecule has 0 fully saturated rings. The van der Waals surface area contributed by atoms with Crippen molar-refractivity contribution < 1.29 is 9.59 Å². The molecule has 2 aromatic carbocycles. The van der Waals surface area contributed by atoms with Crippen molar-refractivity contribution in [2.24, 2.45) is 7.05 Å². The summed E-state index contributed by atoms with van der Waals surface area (Å²) < 4.78 is 2.96. The lowest BCUT2D eigenvalue weighted by atomic mass is 10.1. The summed E-state index contributed by atoms with van der Waals surface area (Å²) in [4.78, 5) is 36.1. The van der Waals surface area contributed by atoms with E-state index in [9.17, 15) is 14.4 Å². The number of hydrogen-bond acceptors (Lipinski definition) is 3. The highest BCUT2D eigenvalue weighted by atomic mass is 16.2. The summed E-state index contributed by atoms with van der Waals surface area (Å²) in [7, 11) is 1.68. The number of rotatable bonds is 4. The van der Waals surface area contributed by atoms with Gasteiger partial charge in [-0.1, -0.05) is 18.2 Å². The number of carbonyl (C=O) groups is 2. The average Bonchev–Trinajstić information content (AvgIpc) is 2.83. The topological polar surface area (TPSA) is 85.1 Å². The van der Waals surface area contributed by atoms with Gasteiger partial charge in [-0.2, -0.15) is 0 Å². The number of nitrogens with zero attached hydrogens (tertiary/aromatic N) is 2. The molecule has 3 rings (SSSR count). The molecule has 0 atom stereocenters. The van der Waals surface area contributed by atoms with Crippen molar-refractivity contribution in [2.45, 2.75) is 20.4 Å². The fourth-order valence-electron chi connectivity index (χ4n) is 2.88. The van der Waals surface area contributed by atoms with Crippen LogP contribution < -0.4 is 16.3 Å². The molecule has 1 aromatic heterocycles. The van der Waals surface area contributed by atoms with Gasteiger partial charge in [0.05, 0.1) is 11.0 Å². The van der Waals surface area contributed by atoms with Gasteiger partial charge in [0, 0.05) is 25.3 Å². The molecule has 26 heavy (non-hydrogen) atoms. The minimum absolute atomic E-state index is 0.0937. The zero-order valence-corrected chi connectivity index (χ0v) is 14.9. The number of fused-ring (bicyclic) bond motifs is 1. The summed E-state index contributed by atoms with van der Waals surface area (Å²) in [6.07, 6.45) is 0. The van der Waals surface area contributed by atoms with Crippen molar-refractivity contribution in [3.63, 3.8) is 0 Å². The first-order valence-electron chi connectivity index (χ1n) is 8.19. The monoisotopic (exact) mass is 352 g/mol. The lowest BCUT2D eigenvalue weighted by Gasteiger charge is -2.11. The van der Waals surface area contributed by atoms with Crippen molar-refractivity contribution in [3.05, 3.63) is 58.5 Å². The number of anilines is 2. The Morgan fingerprint density at radius 3 is 2.42 bits per heavy atom. The van der Waals surface area contributed by atoms with E-state index in [4.69, 9.17) is 0 Å². The lowest BCUT2D eigenvalue weighted by molar-refractivity contribution is -0.117. The van der Waals surface area contributed by atoms with Crippen LogP contribution >= 0.6 is 0 Å². The quantitative estimate of drug-likeness (QED) is 0.755. The fourth-order valence-corrected chi connectivity index (χ4v) is 2.88. The maximum Gasteiger partial charge on any atom is 0.329 e. The number of imidazole rings is 1. The molecule has 7 nitrogen and oxygen atoms in total. The molecular formula is C19H20N4O3. The maximum absolute atomic E-state index is 12.4. The Morgan fingerprint density at radius 2 is 1.73 bits per heavy atom. The van der Waals surface area contributed by atoms with Gasteiger partial charge in [0.25, 0.3) is 0 Å². The Kier molecular flexibility index (Phi) is 4.62. The van der Waals surface area contributed by atoms with Crippen LogP contribution in [0.3, 0.4) is 0 Å².